The summed E-state index contributed by atoms with van der Waals surface area (Å²) in [5.74, 6) is -1.38. The molecule has 0 saturated heterocycles. The highest BCUT2D eigenvalue weighted by molar-refractivity contribution is 6.04. The lowest BCUT2D eigenvalue weighted by atomic mass is 10.0. The van der Waals surface area contributed by atoms with Gasteiger partial charge in [0.15, 0.2) is 5.78 Å². The molecule has 90 valence electrons. The highest BCUT2D eigenvalue weighted by Crippen LogP contribution is 2.07. The standard InChI is InChI=1S/C12H13NO4/c13-10(12(16)17)7-8-1-3-9(4-2-8)11(15)5-6-14/h1-6,10,14H,7,13H2,(H,16,17)/b6-5+. The van der Waals surface area contributed by atoms with Crippen molar-refractivity contribution in [1.82, 2.24) is 0 Å². The summed E-state index contributed by atoms with van der Waals surface area (Å²) < 4.78 is 0. The number of carbonyl (C=O) groups excluding carboxylic acids is 1. The van der Waals surface area contributed by atoms with E-state index in [0.29, 0.717) is 11.8 Å². The molecule has 5 heteroatoms. The van der Waals surface area contributed by atoms with Gasteiger partial charge >= 0.3 is 5.97 Å². The average Bonchev–Trinajstić information content (AvgIpc) is 2.30. The SMILES string of the molecule is NC(Cc1ccc(C(=O)/C=C/O)cc1)C(=O)O. The van der Waals surface area contributed by atoms with Crippen molar-refractivity contribution in [3.8, 4) is 0 Å². The van der Waals surface area contributed by atoms with E-state index in [1.165, 1.54) is 0 Å². The van der Waals surface area contributed by atoms with Gasteiger partial charge in [0.2, 0.25) is 0 Å². The third kappa shape index (κ3) is 3.73. The van der Waals surface area contributed by atoms with Crippen molar-refractivity contribution >= 4 is 11.8 Å². The number of aliphatic hydroxyl groups is 1. The minimum atomic E-state index is -1.06. The number of benzene rings is 1. The van der Waals surface area contributed by atoms with Crippen LogP contribution < -0.4 is 5.73 Å². The summed E-state index contributed by atoms with van der Waals surface area (Å²) in [6.07, 6.45) is 1.92. The van der Waals surface area contributed by atoms with Gasteiger partial charge in [-0.15, -0.1) is 0 Å². The quantitative estimate of drug-likeness (QED) is 0.400. The molecule has 0 aliphatic heterocycles. The maximum atomic E-state index is 11.3. The Labute approximate surface area is 98.2 Å². The Morgan fingerprint density at radius 2 is 1.88 bits per heavy atom. The van der Waals surface area contributed by atoms with Crippen LogP contribution in [-0.4, -0.2) is 28.0 Å². The van der Waals surface area contributed by atoms with Gasteiger partial charge in [0.25, 0.3) is 0 Å². The second kappa shape index (κ2) is 5.81. The van der Waals surface area contributed by atoms with Crippen molar-refractivity contribution in [3.63, 3.8) is 0 Å². The molecule has 0 spiro atoms. The van der Waals surface area contributed by atoms with Gasteiger partial charge in [-0.05, 0) is 12.0 Å². The molecule has 0 heterocycles. The molecule has 1 aromatic rings. The molecule has 0 bridgehead atoms. The van der Waals surface area contributed by atoms with E-state index < -0.39 is 12.0 Å². The highest BCUT2D eigenvalue weighted by atomic mass is 16.4. The van der Waals surface area contributed by atoms with Crippen LogP contribution in [0.3, 0.4) is 0 Å². The predicted octanol–water partition coefficient (Wildman–Crippen LogP) is 0.895. The first-order valence-corrected chi connectivity index (χ1v) is 4.97. The second-order valence-electron chi connectivity index (χ2n) is 3.53. The molecule has 1 aromatic carbocycles. The van der Waals surface area contributed by atoms with Gasteiger partial charge in [0.05, 0.1) is 6.26 Å². The first-order chi connectivity index (χ1) is 8.04. The van der Waals surface area contributed by atoms with Gasteiger partial charge < -0.3 is 15.9 Å². The molecule has 17 heavy (non-hydrogen) atoms. The molecule has 1 atom stereocenters. The maximum absolute atomic E-state index is 11.3. The largest absolute Gasteiger partial charge is 0.515 e. The third-order valence-corrected chi connectivity index (χ3v) is 2.24. The molecule has 1 unspecified atom stereocenters. The van der Waals surface area contributed by atoms with Crippen molar-refractivity contribution in [2.45, 2.75) is 12.5 Å². The number of hydrogen-bond acceptors (Lipinski definition) is 4. The Morgan fingerprint density at radius 1 is 1.29 bits per heavy atom. The molecule has 5 nitrogen and oxygen atoms in total. The lowest BCUT2D eigenvalue weighted by Crippen LogP contribution is -2.32. The van der Waals surface area contributed by atoms with Crippen molar-refractivity contribution < 1.29 is 19.8 Å². The Kier molecular flexibility index (Phi) is 4.42. The molecule has 1 rings (SSSR count). The summed E-state index contributed by atoms with van der Waals surface area (Å²) in [5, 5.41) is 17.1. The van der Waals surface area contributed by atoms with Crippen molar-refractivity contribution in [1.29, 1.82) is 0 Å². The van der Waals surface area contributed by atoms with Crippen LogP contribution in [0.15, 0.2) is 36.6 Å². The van der Waals surface area contributed by atoms with Crippen LogP contribution in [0.2, 0.25) is 0 Å². The summed E-state index contributed by atoms with van der Waals surface area (Å²) in [6.45, 7) is 0. The van der Waals surface area contributed by atoms with Gasteiger partial charge in [0, 0.05) is 11.6 Å². The zero-order valence-corrected chi connectivity index (χ0v) is 9.04. The first kappa shape index (κ1) is 12.9. The lowest BCUT2D eigenvalue weighted by molar-refractivity contribution is -0.138. The summed E-state index contributed by atoms with van der Waals surface area (Å²) in [4.78, 5) is 21.9. The van der Waals surface area contributed by atoms with Crippen LogP contribution in [0.5, 0.6) is 0 Å². The predicted molar refractivity (Wildman–Crippen MR) is 61.9 cm³/mol. The number of allylic oxidation sites excluding steroid dienone is 1. The third-order valence-electron chi connectivity index (χ3n) is 2.24. The Bertz CT molecular complexity index is 436. The van der Waals surface area contributed by atoms with Crippen molar-refractivity contribution in [3.05, 3.63) is 47.7 Å². The summed E-state index contributed by atoms with van der Waals surface area (Å²) in [6, 6.07) is 5.45. The Hall–Kier alpha value is -2.14. The molecule has 4 N–H and O–H groups in total. The van der Waals surface area contributed by atoms with E-state index >= 15 is 0 Å². The fraction of sp³-hybridized carbons (Fsp3) is 0.167. The first-order valence-electron chi connectivity index (χ1n) is 4.97. The average molecular weight is 235 g/mol. The molecule has 0 aromatic heterocycles. The Balaban J connectivity index is 2.74. The van der Waals surface area contributed by atoms with E-state index in [4.69, 9.17) is 15.9 Å². The van der Waals surface area contributed by atoms with E-state index in [2.05, 4.69) is 0 Å². The highest BCUT2D eigenvalue weighted by Gasteiger charge is 2.12. The fourth-order valence-corrected chi connectivity index (χ4v) is 1.31. The monoisotopic (exact) mass is 235 g/mol. The number of aliphatic hydroxyl groups excluding tert-OH is 1. The minimum Gasteiger partial charge on any atom is -0.515 e. The van der Waals surface area contributed by atoms with Crippen LogP contribution in [0.1, 0.15) is 15.9 Å². The van der Waals surface area contributed by atoms with Crippen LogP contribution >= 0.6 is 0 Å². The molecular formula is C12H13NO4. The maximum Gasteiger partial charge on any atom is 0.320 e. The van der Waals surface area contributed by atoms with E-state index in [1.807, 2.05) is 0 Å². The minimum absolute atomic E-state index is 0.208. The summed E-state index contributed by atoms with van der Waals surface area (Å²) in [5.41, 5.74) is 6.54. The number of carbonyl (C=O) groups is 2. The summed E-state index contributed by atoms with van der Waals surface area (Å²) >= 11 is 0. The Morgan fingerprint density at radius 3 is 2.35 bits per heavy atom. The van der Waals surface area contributed by atoms with Crippen molar-refractivity contribution in [2.75, 3.05) is 0 Å². The molecule has 0 aliphatic carbocycles. The molecule has 0 amide bonds. The second-order valence-corrected chi connectivity index (χ2v) is 3.53. The number of nitrogens with two attached hydrogens (primary N) is 1. The molecular weight excluding hydrogens is 222 g/mol. The van der Waals surface area contributed by atoms with Gasteiger partial charge in [0.1, 0.15) is 6.04 Å². The van der Waals surface area contributed by atoms with Gasteiger partial charge in [-0.3, -0.25) is 9.59 Å². The number of rotatable bonds is 5. The lowest BCUT2D eigenvalue weighted by Gasteiger charge is -2.06. The van der Waals surface area contributed by atoms with E-state index in [9.17, 15) is 9.59 Å². The molecule has 0 radical (unpaired) electrons. The van der Waals surface area contributed by atoms with Crippen LogP contribution in [0, 0.1) is 0 Å². The normalized spacial score (nSPS) is 12.5. The van der Waals surface area contributed by atoms with E-state index in [0.717, 1.165) is 11.6 Å². The summed E-state index contributed by atoms with van der Waals surface area (Å²) in [7, 11) is 0. The fourth-order valence-electron chi connectivity index (χ4n) is 1.31. The molecule has 0 fully saturated rings. The smallest absolute Gasteiger partial charge is 0.320 e. The van der Waals surface area contributed by atoms with Gasteiger partial charge in [-0.25, -0.2) is 0 Å². The molecule has 0 saturated carbocycles. The van der Waals surface area contributed by atoms with Gasteiger partial charge in [-0.1, -0.05) is 24.3 Å². The van der Waals surface area contributed by atoms with Crippen LogP contribution in [-0.2, 0) is 11.2 Å². The number of hydrogen-bond donors (Lipinski definition) is 3. The van der Waals surface area contributed by atoms with E-state index in [-0.39, 0.29) is 12.2 Å². The number of ketones is 1. The van der Waals surface area contributed by atoms with Gasteiger partial charge in [-0.2, -0.15) is 0 Å². The topological polar surface area (TPSA) is 101 Å². The van der Waals surface area contributed by atoms with Crippen LogP contribution in [0.4, 0.5) is 0 Å². The van der Waals surface area contributed by atoms with Crippen LogP contribution in [0.25, 0.3) is 0 Å². The number of carboxylic acids is 1. The number of carboxylic acid groups (broad SMARTS) is 1. The zero-order chi connectivity index (χ0) is 12.8. The number of aliphatic carboxylic acids is 1. The van der Waals surface area contributed by atoms with E-state index in [1.54, 1.807) is 24.3 Å². The van der Waals surface area contributed by atoms with Crippen molar-refractivity contribution in [2.24, 2.45) is 5.73 Å². The zero-order valence-electron chi connectivity index (χ0n) is 9.04. The molecule has 0 aliphatic rings.